The van der Waals surface area contributed by atoms with E-state index in [9.17, 15) is 9.90 Å². The number of carbonyl (C=O) groups excluding carboxylic acids is 1. The van der Waals surface area contributed by atoms with Gasteiger partial charge in [0.25, 0.3) is 0 Å². The van der Waals surface area contributed by atoms with Crippen molar-refractivity contribution in [2.75, 3.05) is 14.2 Å². The van der Waals surface area contributed by atoms with E-state index in [1.807, 2.05) is 0 Å². The first-order valence-electron chi connectivity index (χ1n) is 4.41. The van der Waals surface area contributed by atoms with Gasteiger partial charge in [-0.1, -0.05) is 17.7 Å². The molecule has 1 aromatic rings. The van der Waals surface area contributed by atoms with Crippen LogP contribution >= 0.6 is 11.6 Å². The molecular formula is C11H11ClO4. The van der Waals surface area contributed by atoms with Gasteiger partial charge < -0.3 is 14.6 Å². The number of aliphatic hydroxyl groups excluding tert-OH is 1. The van der Waals surface area contributed by atoms with Crippen molar-refractivity contribution < 1.29 is 19.4 Å². The number of carbonyl (C=O) groups is 1. The van der Waals surface area contributed by atoms with E-state index in [1.165, 1.54) is 14.2 Å². The topological polar surface area (TPSA) is 55.8 Å². The predicted molar refractivity (Wildman–Crippen MR) is 60.6 cm³/mol. The summed E-state index contributed by atoms with van der Waals surface area (Å²) in [5, 5.41) is 10.00. The molecule has 0 aliphatic carbocycles. The number of ether oxygens (including phenoxy) is 2. The van der Waals surface area contributed by atoms with E-state index >= 15 is 0 Å². The number of hydrogen-bond donors (Lipinski definition) is 1. The molecule has 5 heteroatoms. The van der Waals surface area contributed by atoms with E-state index < -0.39 is 5.97 Å². The third kappa shape index (κ3) is 2.67. The summed E-state index contributed by atoms with van der Waals surface area (Å²) in [6, 6.07) is 4.89. The molecule has 4 nitrogen and oxygen atoms in total. The molecule has 0 saturated carbocycles. The van der Waals surface area contributed by atoms with Gasteiger partial charge in [0.15, 0.2) is 0 Å². The normalized spacial score (nSPS) is 11.1. The van der Waals surface area contributed by atoms with Crippen LogP contribution < -0.4 is 4.74 Å². The fourth-order valence-corrected chi connectivity index (χ4v) is 1.43. The van der Waals surface area contributed by atoms with Crippen LogP contribution in [0.15, 0.2) is 24.3 Å². The van der Waals surface area contributed by atoms with Crippen LogP contribution in [0.1, 0.15) is 5.56 Å². The third-order valence-corrected chi connectivity index (χ3v) is 2.22. The number of hydrogen-bond acceptors (Lipinski definition) is 4. The predicted octanol–water partition coefficient (Wildman–Crippen LogP) is 2.42. The average molecular weight is 243 g/mol. The summed E-state index contributed by atoms with van der Waals surface area (Å²) in [6.45, 7) is 0. The van der Waals surface area contributed by atoms with Crippen molar-refractivity contribution in [3.05, 3.63) is 34.9 Å². The summed E-state index contributed by atoms with van der Waals surface area (Å²) in [5.41, 5.74) is 0.261. The van der Waals surface area contributed by atoms with Gasteiger partial charge in [-0.2, -0.15) is 0 Å². The molecule has 0 amide bonds. The first-order chi connectivity index (χ1) is 7.60. The van der Waals surface area contributed by atoms with Crippen molar-refractivity contribution in [1.82, 2.24) is 0 Å². The number of halogens is 1. The summed E-state index contributed by atoms with van der Waals surface area (Å²) < 4.78 is 9.42. The lowest BCUT2D eigenvalue weighted by Crippen LogP contribution is -1.98. The lowest BCUT2D eigenvalue weighted by Gasteiger charge is -2.09. The number of esters is 1. The lowest BCUT2D eigenvalue weighted by atomic mass is 10.1. The number of aliphatic hydroxyl groups is 1. The summed E-state index contributed by atoms with van der Waals surface area (Å²) >= 11 is 5.90. The Morgan fingerprint density at radius 2 is 2.12 bits per heavy atom. The standard InChI is InChI=1S/C11H11ClO4/c1-15-9-5-3-4-7(12)11(9)8(13)6-10(14)16-2/h3-6,13H,1-2H3. The molecule has 0 aliphatic rings. The maximum Gasteiger partial charge on any atom is 0.334 e. The van der Waals surface area contributed by atoms with Crippen LogP contribution in [0, 0.1) is 0 Å². The second-order valence-corrected chi connectivity index (χ2v) is 3.28. The van der Waals surface area contributed by atoms with E-state index in [1.54, 1.807) is 18.2 Å². The molecule has 0 heterocycles. The van der Waals surface area contributed by atoms with Gasteiger partial charge in [-0.3, -0.25) is 0 Å². The SMILES string of the molecule is COC(=O)C=C(O)c1c(Cl)cccc1OC. The smallest absolute Gasteiger partial charge is 0.334 e. The van der Waals surface area contributed by atoms with Gasteiger partial charge in [0.1, 0.15) is 11.5 Å². The van der Waals surface area contributed by atoms with E-state index in [-0.39, 0.29) is 16.3 Å². The highest BCUT2D eigenvalue weighted by atomic mass is 35.5. The first kappa shape index (κ1) is 12.4. The van der Waals surface area contributed by atoms with Crippen molar-refractivity contribution in [1.29, 1.82) is 0 Å². The van der Waals surface area contributed by atoms with Gasteiger partial charge >= 0.3 is 5.97 Å². The van der Waals surface area contributed by atoms with Gasteiger partial charge in [0.05, 0.1) is 30.9 Å². The number of rotatable bonds is 3. The van der Waals surface area contributed by atoms with Gasteiger partial charge in [-0.05, 0) is 12.1 Å². The van der Waals surface area contributed by atoms with Crippen LogP contribution in [-0.4, -0.2) is 25.3 Å². The molecule has 16 heavy (non-hydrogen) atoms. The fourth-order valence-electron chi connectivity index (χ4n) is 1.17. The van der Waals surface area contributed by atoms with Crippen LogP contribution in [0.25, 0.3) is 5.76 Å². The second kappa shape index (κ2) is 5.42. The van der Waals surface area contributed by atoms with Crippen LogP contribution in [0.4, 0.5) is 0 Å². The zero-order chi connectivity index (χ0) is 12.1. The fraction of sp³-hybridized carbons (Fsp3) is 0.182. The van der Waals surface area contributed by atoms with E-state index in [2.05, 4.69) is 4.74 Å². The van der Waals surface area contributed by atoms with Crippen molar-refractivity contribution in [2.24, 2.45) is 0 Å². The Morgan fingerprint density at radius 3 is 2.69 bits per heavy atom. The van der Waals surface area contributed by atoms with Gasteiger partial charge in [-0.15, -0.1) is 0 Å². The monoisotopic (exact) mass is 242 g/mol. The zero-order valence-corrected chi connectivity index (χ0v) is 9.62. The molecule has 0 spiro atoms. The Hall–Kier alpha value is -1.68. The molecule has 1 aromatic carbocycles. The highest BCUT2D eigenvalue weighted by Crippen LogP contribution is 2.31. The highest BCUT2D eigenvalue weighted by Gasteiger charge is 2.13. The minimum absolute atomic E-state index is 0.261. The van der Waals surface area contributed by atoms with Crippen molar-refractivity contribution in [2.45, 2.75) is 0 Å². The average Bonchev–Trinajstić information content (AvgIpc) is 2.28. The summed E-state index contributed by atoms with van der Waals surface area (Å²) in [4.78, 5) is 11.0. The second-order valence-electron chi connectivity index (χ2n) is 2.87. The molecular weight excluding hydrogens is 232 g/mol. The maximum atomic E-state index is 11.0. The summed E-state index contributed by atoms with van der Waals surface area (Å²) in [7, 11) is 2.66. The lowest BCUT2D eigenvalue weighted by molar-refractivity contribution is -0.134. The van der Waals surface area contributed by atoms with Crippen LogP contribution in [0.3, 0.4) is 0 Å². The minimum Gasteiger partial charge on any atom is -0.507 e. The van der Waals surface area contributed by atoms with E-state index in [0.29, 0.717) is 5.75 Å². The zero-order valence-electron chi connectivity index (χ0n) is 8.86. The first-order valence-corrected chi connectivity index (χ1v) is 4.79. The van der Waals surface area contributed by atoms with E-state index in [0.717, 1.165) is 6.08 Å². The molecule has 0 saturated heterocycles. The molecule has 0 fully saturated rings. The molecule has 1 rings (SSSR count). The van der Waals surface area contributed by atoms with Crippen molar-refractivity contribution in [3.8, 4) is 5.75 Å². The highest BCUT2D eigenvalue weighted by molar-refractivity contribution is 6.32. The Balaban J connectivity index is 3.21. The quantitative estimate of drug-likeness (QED) is 0.502. The number of methoxy groups -OCH3 is 2. The maximum absolute atomic E-state index is 11.0. The van der Waals surface area contributed by atoms with Crippen LogP contribution in [0.2, 0.25) is 5.02 Å². The van der Waals surface area contributed by atoms with Crippen molar-refractivity contribution in [3.63, 3.8) is 0 Å². The molecule has 0 aliphatic heterocycles. The Morgan fingerprint density at radius 1 is 1.44 bits per heavy atom. The molecule has 86 valence electrons. The van der Waals surface area contributed by atoms with E-state index in [4.69, 9.17) is 16.3 Å². The summed E-state index contributed by atoms with van der Waals surface area (Å²) in [6.07, 6.45) is 0.934. The largest absolute Gasteiger partial charge is 0.507 e. The van der Waals surface area contributed by atoms with Gasteiger partial charge in [0.2, 0.25) is 0 Å². The molecule has 0 atom stereocenters. The Labute approximate surface area is 98.1 Å². The molecule has 0 bridgehead atoms. The van der Waals surface area contributed by atoms with Gasteiger partial charge in [-0.25, -0.2) is 4.79 Å². The van der Waals surface area contributed by atoms with Gasteiger partial charge in [0, 0.05) is 0 Å². The molecule has 0 aromatic heterocycles. The third-order valence-electron chi connectivity index (χ3n) is 1.91. The van der Waals surface area contributed by atoms with Crippen LogP contribution in [-0.2, 0) is 9.53 Å². The summed E-state index contributed by atoms with van der Waals surface area (Å²) in [5.74, 6) is -0.584. The van der Waals surface area contributed by atoms with Crippen LogP contribution in [0.5, 0.6) is 5.75 Å². The minimum atomic E-state index is -0.667. The molecule has 0 unspecified atom stereocenters. The number of benzene rings is 1. The Bertz CT molecular complexity index is 426. The Kier molecular flexibility index (Phi) is 4.19. The van der Waals surface area contributed by atoms with Crippen molar-refractivity contribution >= 4 is 23.3 Å². The molecule has 1 N–H and O–H groups in total. The molecule has 0 radical (unpaired) electrons.